The summed E-state index contributed by atoms with van der Waals surface area (Å²) in [5.74, 6) is 1.02. The maximum absolute atomic E-state index is 11.0. The van der Waals surface area contributed by atoms with Crippen molar-refractivity contribution in [3.8, 4) is 0 Å². The standard InChI is InChI=1S/C8H15NO/c1-6(2)5-7-8(10)3-4-9-7/h6-7,9H,3-5H2,1-2H3. The van der Waals surface area contributed by atoms with E-state index in [1.807, 2.05) is 0 Å². The monoisotopic (exact) mass is 141 g/mol. The third-order valence-electron chi connectivity index (χ3n) is 1.86. The van der Waals surface area contributed by atoms with Gasteiger partial charge < -0.3 is 5.32 Å². The van der Waals surface area contributed by atoms with Crippen molar-refractivity contribution < 1.29 is 4.79 Å². The van der Waals surface area contributed by atoms with E-state index in [0.29, 0.717) is 11.7 Å². The van der Waals surface area contributed by atoms with E-state index in [9.17, 15) is 4.79 Å². The van der Waals surface area contributed by atoms with Crippen molar-refractivity contribution in [2.24, 2.45) is 5.92 Å². The van der Waals surface area contributed by atoms with E-state index in [1.54, 1.807) is 0 Å². The molecule has 1 heterocycles. The first-order valence-electron chi connectivity index (χ1n) is 3.96. The van der Waals surface area contributed by atoms with E-state index in [-0.39, 0.29) is 6.04 Å². The second-order valence-corrected chi connectivity index (χ2v) is 3.35. The highest BCUT2D eigenvalue weighted by Crippen LogP contribution is 2.10. The summed E-state index contributed by atoms with van der Waals surface area (Å²) >= 11 is 0. The van der Waals surface area contributed by atoms with E-state index in [0.717, 1.165) is 19.4 Å². The maximum atomic E-state index is 11.0. The quantitative estimate of drug-likeness (QED) is 0.620. The molecule has 1 fully saturated rings. The van der Waals surface area contributed by atoms with Crippen LogP contribution in [0.3, 0.4) is 0 Å². The molecule has 0 amide bonds. The fraction of sp³-hybridized carbons (Fsp3) is 0.875. The zero-order valence-electron chi connectivity index (χ0n) is 6.68. The smallest absolute Gasteiger partial charge is 0.151 e. The molecular weight excluding hydrogens is 126 g/mol. The van der Waals surface area contributed by atoms with Crippen LogP contribution in [0.2, 0.25) is 0 Å². The van der Waals surface area contributed by atoms with Gasteiger partial charge in [0.05, 0.1) is 6.04 Å². The molecule has 2 nitrogen and oxygen atoms in total. The molecule has 0 bridgehead atoms. The summed E-state index contributed by atoms with van der Waals surface area (Å²) in [5, 5.41) is 3.19. The van der Waals surface area contributed by atoms with Crippen LogP contribution in [-0.2, 0) is 4.79 Å². The Balaban J connectivity index is 2.33. The van der Waals surface area contributed by atoms with Gasteiger partial charge in [0.25, 0.3) is 0 Å². The molecule has 58 valence electrons. The van der Waals surface area contributed by atoms with Gasteiger partial charge in [-0.25, -0.2) is 0 Å². The minimum atomic E-state index is 0.167. The van der Waals surface area contributed by atoms with Crippen LogP contribution in [-0.4, -0.2) is 18.4 Å². The molecule has 1 N–H and O–H groups in total. The van der Waals surface area contributed by atoms with Gasteiger partial charge in [0.15, 0.2) is 5.78 Å². The van der Waals surface area contributed by atoms with Gasteiger partial charge in [-0.05, 0) is 12.3 Å². The average molecular weight is 141 g/mol. The van der Waals surface area contributed by atoms with E-state index >= 15 is 0 Å². The lowest BCUT2D eigenvalue weighted by atomic mass is 10.0. The minimum Gasteiger partial charge on any atom is -0.307 e. The highest BCUT2D eigenvalue weighted by atomic mass is 16.1. The molecular formula is C8H15NO. The predicted molar refractivity (Wildman–Crippen MR) is 40.9 cm³/mol. The van der Waals surface area contributed by atoms with Crippen LogP contribution in [0.5, 0.6) is 0 Å². The van der Waals surface area contributed by atoms with Crippen molar-refractivity contribution in [3.05, 3.63) is 0 Å². The molecule has 0 aromatic heterocycles. The average Bonchev–Trinajstić information content (AvgIpc) is 2.15. The molecule has 0 radical (unpaired) electrons. The number of hydrogen-bond donors (Lipinski definition) is 1. The van der Waals surface area contributed by atoms with Crippen LogP contribution in [0.15, 0.2) is 0 Å². The van der Waals surface area contributed by atoms with Crippen molar-refractivity contribution >= 4 is 5.78 Å². The van der Waals surface area contributed by atoms with Crippen molar-refractivity contribution in [1.82, 2.24) is 5.32 Å². The Labute approximate surface area is 62.0 Å². The molecule has 1 unspecified atom stereocenters. The van der Waals surface area contributed by atoms with Crippen LogP contribution in [0.25, 0.3) is 0 Å². The molecule has 1 atom stereocenters. The molecule has 0 aliphatic carbocycles. The van der Waals surface area contributed by atoms with Crippen LogP contribution in [0.4, 0.5) is 0 Å². The molecule has 1 saturated heterocycles. The summed E-state index contributed by atoms with van der Waals surface area (Å²) in [7, 11) is 0. The Hall–Kier alpha value is -0.370. The second-order valence-electron chi connectivity index (χ2n) is 3.35. The second kappa shape index (κ2) is 3.15. The minimum absolute atomic E-state index is 0.167. The van der Waals surface area contributed by atoms with Crippen molar-refractivity contribution in [3.63, 3.8) is 0 Å². The van der Waals surface area contributed by atoms with Crippen molar-refractivity contribution in [2.45, 2.75) is 32.7 Å². The highest BCUT2D eigenvalue weighted by Gasteiger charge is 2.23. The van der Waals surface area contributed by atoms with Gasteiger partial charge in [-0.1, -0.05) is 13.8 Å². The summed E-state index contributed by atoms with van der Waals surface area (Å²) in [5.41, 5.74) is 0. The first kappa shape index (κ1) is 7.73. The van der Waals surface area contributed by atoms with Crippen LogP contribution in [0.1, 0.15) is 26.7 Å². The number of ketones is 1. The Kier molecular flexibility index (Phi) is 2.44. The molecule has 1 aliphatic heterocycles. The largest absolute Gasteiger partial charge is 0.307 e. The molecule has 0 aromatic rings. The summed E-state index contributed by atoms with van der Waals surface area (Å²) < 4.78 is 0. The zero-order valence-corrected chi connectivity index (χ0v) is 6.68. The lowest BCUT2D eigenvalue weighted by Gasteiger charge is -2.10. The number of carbonyl (C=O) groups excluding carboxylic acids is 1. The van der Waals surface area contributed by atoms with Crippen molar-refractivity contribution in [1.29, 1.82) is 0 Å². The van der Waals surface area contributed by atoms with E-state index in [4.69, 9.17) is 0 Å². The first-order valence-corrected chi connectivity index (χ1v) is 3.96. The molecule has 1 rings (SSSR count). The molecule has 0 aromatic carbocycles. The maximum Gasteiger partial charge on any atom is 0.151 e. The van der Waals surface area contributed by atoms with E-state index in [1.165, 1.54) is 0 Å². The summed E-state index contributed by atoms with van der Waals surface area (Å²) in [4.78, 5) is 11.0. The molecule has 10 heavy (non-hydrogen) atoms. The third kappa shape index (κ3) is 1.81. The number of hydrogen-bond acceptors (Lipinski definition) is 2. The Morgan fingerprint density at radius 1 is 1.70 bits per heavy atom. The Morgan fingerprint density at radius 3 is 2.80 bits per heavy atom. The summed E-state index contributed by atoms with van der Waals surface area (Å²) in [6.07, 6.45) is 1.73. The normalized spacial score (nSPS) is 26.3. The highest BCUT2D eigenvalue weighted by molar-refractivity contribution is 5.86. The van der Waals surface area contributed by atoms with E-state index in [2.05, 4.69) is 19.2 Å². The molecule has 2 heteroatoms. The van der Waals surface area contributed by atoms with Gasteiger partial charge >= 0.3 is 0 Å². The van der Waals surface area contributed by atoms with Crippen LogP contribution < -0.4 is 5.32 Å². The van der Waals surface area contributed by atoms with Gasteiger partial charge in [-0.15, -0.1) is 0 Å². The lowest BCUT2D eigenvalue weighted by molar-refractivity contribution is -0.118. The number of carbonyl (C=O) groups is 1. The molecule has 0 saturated carbocycles. The molecule has 1 aliphatic rings. The number of Topliss-reactive ketones (excluding diaryl/α,β-unsaturated/α-hetero) is 1. The number of rotatable bonds is 2. The van der Waals surface area contributed by atoms with E-state index < -0.39 is 0 Å². The zero-order chi connectivity index (χ0) is 7.56. The fourth-order valence-corrected chi connectivity index (χ4v) is 1.34. The first-order chi connectivity index (χ1) is 4.70. The van der Waals surface area contributed by atoms with Crippen molar-refractivity contribution in [2.75, 3.05) is 6.54 Å². The van der Waals surface area contributed by atoms with Gasteiger partial charge in [0.1, 0.15) is 0 Å². The van der Waals surface area contributed by atoms with Crippen LogP contribution in [0, 0.1) is 5.92 Å². The summed E-state index contributed by atoms with van der Waals surface area (Å²) in [6, 6.07) is 0.167. The predicted octanol–water partition coefficient (Wildman–Crippen LogP) is 0.964. The SMILES string of the molecule is CC(C)CC1NCCC1=O. The van der Waals surface area contributed by atoms with Gasteiger partial charge in [0, 0.05) is 13.0 Å². The number of nitrogens with one attached hydrogen (secondary N) is 1. The van der Waals surface area contributed by atoms with Crippen LogP contribution >= 0.6 is 0 Å². The Bertz CT molecular complexity index is 131. The fourth-order valence-electron chi connectivity index (χ4n) is 1.34. The third-order valence-corrected chi connectivity index (χ3v) is 1.86. The lowest BCUT2D eigenvalue weighted by Crippen LogP contribution is -2.28. The van der Waals surface area contributed by atoms with Gasteiger partial charge in [0.2, 0.25) is 0 Å². The van der Waals surface area contributed by atoms with Gasteiger partial charge in [-0.3, -0.25) is 4.79 Å². The summed E-state index contributed by atoms with van der Waals surface area (Å²) in [6.45, 7) is 5.18. The van der Waals surface area contributed by atoms with Gasteiger partial charge in [-0.2, -0.15) is 0 Å². The Morgan fingerprint density at radius 2 is 2.40 bits per heavy atom. The molecule has 0 spiro atoms. The topological polar surface area (TPSA) is 29.1 Å².